The Hall–Kier alpha value is -4.10. The largest absolute Gasteiger partial charge is 0.397 e. The van der Waals surface area contributed by atoms with Crippen LogP contribution in [0.2, 0.25) is 0 Å². The van der Waals surface area contributed by atoms with E-state index in [1.807, 2.05) is 36.4 Å². The molecule has 0 saturated carbocycles. The summed E-state index contributed by atoms with van der Waals surface area (Å²) >= 11 is 0. The van der Waals surface area contributed by atoms with Crippen molar-refractivity contribution in [3.63, 3.8) is 0 Å². The summed E-state index contributed by atoms with van der Waals surface area (Å²) in [5.41, 5.74) is 5.47. The van der Waals surface area contributed by atoms with Gasteiger partial charge in [0, 0.05) is 75.3 Å². The molecule has 1 aromatic carbocycles. The second kappa shape index (κ2) is 12.3. The maximum Gasteiger partial charge on any atom is 0.397 e. The van der Waals surface area contributed by atoms with Gasteiger partial charge in [0.25, 0.3) is 0 Å². The minimum Gasteiger partial charge on any atom is -0.378 e. The standard InChI is InChI=1S/C30H33F3N8O2/c1-20(39-6-8-41(9-7-39)29(42)18-30(31,32)33)21-4-5-34-23(14-21)16-27-37-24-3-2-22(15-26(24)38-27)25-17-28(36-19-35-25)40-10-12-43-13-11-40/h2-5,14-15,17,19-20H,6-13,16,18H2,1H3,(H,37,38). The number of nitrogens with one attached hydrogen (secondary N) is 1. The number of carbonyl (C=O) groups excluding carboxylic acids is 1. The van der Waals surface area contributed by atoms with Crippen molar-refractivity contribution >= 4 is 22.8 Å². The summed E-state index contributed by atoms with van der Waals surface area (Å²) in [6.45, 7) is 6.62. The van der Waals surface area contributed by atoms with E-state index in [1.165, 1.54) is 4.90 Å². The van der Waals surface area contributed by atoms with Crippen LogP contribution in [0.3, 0.4) is 0 Å². The molecule has 10 nitrogen and oxygen atoms in total. The monoisotopic (exact) mass is 594 g/mol. The predicted molar refractivity (Wildman–Crippen MR) is 154 cm³/mol. The molecule has 1 unspecified atom stereocenters. The Morgan fingerprint density at radius 2 is 1.79 bits per heavy atom. The van der Waals surface area contributed by atoms with Crippen LogP contribution < -0.4 is 4.90 Å². The molecular formula is C30H33F3N8O2. The Morgan fingerprint density at radius 3 is 2.56 bits per heavy atom. The molecule has 0 aliphatic carbocycles. The van der Waals surface area contributed by atoms with Gasteiger partial charge in [-0.1, -0.05) is 6.07 Å². The average Bonchev–Trinajstić information content (AvgIpc) is 3.42. The number of piperazine rings is 1. The number of aromatic amines is 1. The highest BCUT2D eigenvalue weighted by atomic mass is 19.4. The molecule has 2 fully saturated rings. The summed E-state index contributed by atoms with van der Waals surface area (Å²) in [6.07, 6.45) is -2.02. The van der Waals surface area contributed by atoms with Crippen LogP contribution in [-0.2, 0) is 16.0 Å². The Balaban J connectivity index is 1.11. The van der Waals surface area contributed by atoms with Crippen LogP contribution in [-0.4, -0.2) is 99.3 Å². The van der Waals surface area contributed by atoms with E-state index in [-0.39, 0.29) is 19.1 Å². The lowest BCUT2D eigenvalue weighted by molar-refractivity contribution is -0.162. The second-order valence-corrected chi connectivity index (χ2v) is 10.9. The Bertz CT molecular complexity index is 1580. The van der Waals surface area contributed by atoms with Gasteiger partial charge in [0.05, 0.1) is 29.9 Å². The number of nitrogens with zero attached hydrogens (tertiary/aromatic N) is 7. The molecule has 6 rings (SSSR count). The van der Waals surface area contributed by atoms with Crippen molar-refractivity contribution in [1.29, 1.82) is 0 Å². The van der Waals surface area contributed by atoms with Crippen molar-refractivity contribution < 1.29 is 22.7 Å². The minimum absolute atomic E-state index is 0.0232. The zero-order valence-electron chi connectivity index (χ0n) is 23.8. The molecular weight excluding hydrogens is 561 g/mol. The zero-order chi connectivity index (χ0) is 30.0. The molecule has 4 aromatic rings. The molecule has 43 heavy (non-hydrogen) atoms. The van der Waals surface area contributed by atoms with Gasteiger partial charge >= 0.3 is 6.18 Å². The maximum atomic E-state index is 12.6. The number of hydrogen-bond acceptors (Lipinski definition) is 8. The fourth-order valence-electron chi connectivity index (χ4n) is 5.65. The number of halogens is 3. The van der Waals surface area contributed by atoms with Crippen molar-refractivity contribution in [1.82, 2.24) is 34.7 Å². The number of benzene rings is 1. The molecule has 5 heterocycles. The molecule has 0 bridgehead atoms. The number of rotatable bonds is 7. The first-order valence-electron chi connectivity index (χ1n) is 14.4. The third-order valence-electron chi connectivity index (χ3n) is 8.05. The Kier molecular flexibility index (Phi) is 8.26. The van der Waals surface area contributed by atoms with Gasteiger partial charge in [0.2, 0.25) is 5.91 Å². The fourth-order valence-corrected chi connectivity index (χ4v) is 5.65. The maximum absolute atomic E-state index is 12.6. The smallest absolute Gasteiger partial charge is 0.378 e. The molecule has 1 atom stereocenters. The fraction of sp³-hybridized carbons (Fsp3) is 0.433. The van der Waals surface area contributed by atoms with E-state index in [0.717, 1.165) is 58.3 Å². The SMILES string of the molecule is CC(c1ccnc(Cc2nc3ccc(-c4cc(N5CCOCC5)ncn4)cc3[nH]2)c1)N1CCN(C(=O)CC(F)(F)F)CC1. The Morgan fingerprint density at radius 1 is 1.00 bits per heavy atom. The van der Waals surface area contributed by atoms with E-state index in [0.29, 0.717) is 32.7 Å². The average molecular weight is 595 g/mol. The number of anilines is 1. The topological polar surface area (TPSA) is 103 Å². The van der Waals surface area contributed by atoms with Crippen molar-refractivity contribution in [3.05, 3.63) is 66.0 Å². The third-order valence-corrected chi connectivity index (χ3v) is 8.05. The van der Waals surface area contributed by atoms with Crippen LogP contribution >= 0.6 is 0 Å². The molecule has 2 aliphatic heterocycles. The van der Waals surface area contributed by atoms with E-state index in [9.17, 15) is 18.0 Å². The number of ether oxygens (including phenoxy) is 1. The van der Waals surface area contributed by atoms with Crippen LogP contribution in [0.5, 0.6) is 0 Å². The Labute approximate surface area is 246 Å². The number of pyridine rings is 1. The number of imidazole rings is 1. The molecule has 226 valence electrons. The summed E-state index contributed by atoms with van der Waals surface area (Å²) in [5, 5.41) is 0. The van der Waals surface area contributed by atoms with Crippen LogP contribution in [0.15, 0.2) is 48.9 Å². The van der Waals surface area contributed by atoms with Crippen molar-refractivity contribution in [2.75, 3.05) is 57.4 Å². The van der Waals surface area contributed by atoms with Gasteiger partial charge in [-0.25, -0.2) is 15.0 Å². The van der Waals surface area contributed by atoms with Gasteiger partial charge in [0.15, 0.2) is 0 Å². The quantitative estimate of drug-likeness (QED) is 0.343. The van der Waals surface area contributed by atoms with Gasteiger partial charge in [0.1, 0.15) is 24.4 Å². The lowest BCUT2D eigenvalue weighted by atomic mass is 10.1. The van der Waals surface area contributed by atoms with Gasteiger partial charge in [-0.15, -0.1) is 0 Å². The van der Waals surface area contributed by atoms with Crippen molar-refractivity contribution in [2.45, 2.75) is 32.0 Å². The molecule has 1 N–H and O–H groups in total. The van der Waals surface area contributed by atoms with E-state index in [2.05, 4.69) is 36.7 Å². The highest BCUT2D eigenvalue weighted by Crippen LogP contribution is 2.27. The van der Waals surface area contributed by atoms with Crippen LogP contribution in [0.4, 0.5) is 19.0 Å². The van der Waals surface area contributed by atoms with Crippen LogP contribution in [0.1, 0.15) is 36.5 Å². The van der Waals surface area contributed by atoms with Gasteiger partial charge in [-0.2, -0.15) is 13.2 Å². The highest BCUT2D eigenvalue weighted by Gasteiger charge is 2.35. The van der Waals surface area contributed by atoms with Gasteiger partial charge in [-0.05, 0) is 36.8 Å². The van der Waals surface area contributed by atoms with Gasteiger partial charge in [-0.3, -0.25) is 14.7 Å². The summed E-state index contributed by atoms with van der Waals surface area (Å²) in [6, 6.07) is 12.0. The molecule has 13 heteroatoms. The third kappa shape index (κ3) is 6.94. The first kappa shape index (κ1) is 29.0. The lowest BCUT2D eigenvalue weighted by Gasteiger charge is -2.38. The number of morpholine rings is 1. The molecule has 2 saturated heterocycles. The van der Waals surface area contributed by atoms with Crippen molar-refractivity contribution in [2.24, 2.45) is 0 Å². The number of fused-ring (bicyclic) bond motifs is 1. The lowest BCUT2D eigenvalue weighted by Crippen LogP contribution is -2.50. The minimum atomic E-state index is -4.49. The second-order valence-electron chi connectivity index (χ2n) is 10.9. The van der Waals surface area contributed by atoms with Crippen LogP contribution in [0.25, 0.3) is 22.3 Å². The number of H-pyrrole nitrogens is 1. The normalized spacial score (nSPS) is 17.4. The highest BCUT2D eigenvalue weighted by molar-refractivity contribution is 5.81. The molecule has 2 aliphatic rings. The first-order chi connectivity index (χ1) is 20.7. The molecule has 1 amide bonds. The van der Waals surface area contributed by atoms with E-state index >= 15 is 0 Å². The molecule has 3 aromatic heterocycles. The van der Waals surface area contributed by atoms with Gasteiger partial charge < -0.3 is 19.5 Å². The number of hydrogen-bond donors (Lipinski definition) is 1. The predicted octanol–water partition coefficient (Wildman–Crippen LogP) is 4.00. The van der Waals surface area contributed by atoms with Crippen LogP contribution in [0, 0.1) is 0 Å². The first-order valence-corrected chi connectivity index (χ1v) is 14.4. The summed E-state index contributed by atoms with van der Waals surface area (Å²) in [7, 11) is 0. The summed E-state index contributed by atoms with van der Waals surface area (Å²) < 4.78 is 43.3. The van der Waals surface area contributed by atoms with E-state index < -0.39 is 18.5 Å². The summed E-state index contributed by atoms with van der Waals surface area (Å²) in [5.74, 6) is 0.812. The number of alkyl halides is 3. The van der Waals surface area contributed by atoms with Crippen molar-refractivity contribution in [3.8, 4) is 11.3 Å². The number of aromatic nitrogens is 5. The number of amides is 1. The summed E-state index contributed by atoms with van der Waals surface area (Å²) in [4.78, 5) is 39.3. The zero-order valence-corrected chi connectivity index (χ0v) is 23.8. The van der Waals surface area contributed by atoms with E-state index in [4.69, 9.17) is 9.72 Å². The van der Waals surface area contributed by atoms with E-state index in [1.54, 1.807) is 12.5 Å². The molecule has 0 spiro atoms. The number of carbonyl (C=O) groups is 1. The molecule has 0 radical (unpaired) electrons.